The molecule has 1 unspecified atom stereocenters. The largest absolute Gasteiger partial charge is 0.376 e. The average Bonchev–Trinajstić information content (AvgIpc) is 2.06. The maximum absolute atomic E-state index is 5.53. The summed E-state index contributed by atoms with van der Waals surface area (Å²) in [5.41, 5.74) is 0. The molecule has 1 saturated heterocycles. The van der Waals surface area contributed by atoms with Gasteiger partial charge in [0.25, 0.3) is 0 Å². The van der Waals surface area contributed by atoms with Crippen molar-refractivity contribution in [3.63, 3.8) is 0 Å². The van der Waals surface area contributed by atoms with Crippen molar-refractivity contribution < 1.29 is 9.47 Å². The Hall–Kier alpha value is -0.120. The smallest absolute Gasteiger partial charge is 0.0936 e. The highest BCUT2D eigenvalue weighted by Crippen LogP contribution is 2.02. The summed E-state index contributed by atoms with van der Waals surface area (Å²) < 4.78 is 10.8. The first-order chi connectivity index (χ1) is 5.83. The Morgan fingerprint density at radius 3 is 2.83 bits per heavy atom. The van der Waals surface area contributed by atoms with Gasteiger partial charge in [0.15, 0.2) is 0 Å². The van der Waals surface area contributed by atoms with Crippen LogP contribution >= 0.6 is 0 Å². The number of ether oxygens (including phenoxy) is 2. The third-order valence-corrected chi connectivity index (χ3v) is 2.01. The van der Waals surface area contributed by atoms with E-state index in [1.54, 1.807) is 0 Å². The Balaban J connectivity index is 2.11. The monoisotopic (exact) mass is 173 g/mol. The molecule has 0 aromatic rings. The molecule has 0 saturated carbocycles. The zero-order chi connectivity index (χ0) is 8.81. The summed E-state index contributed by atoms with van der Waals surface area (Å²) in [6, 6.07) is 0. The van der Waals surface area contributed by atoms with Gasteiger partial charge in [0, 0.05) is 6.54 Å². The molecular weight excluding hydrogens is 154 g/mol. The SMILES string of the molecule is CCCN(C)CC1COCCO1. The van der Waals surface area contributed by atoms with E-state index >= 15 is 0 Å². The van der Waals surface area contributed by atoms with Crippen LogP contribution in [0.25, 0.3) is 0 Å². The fraction of sp³-hybridized carbons (Fsp3) is 1.00. The predicted molar refractivity (Wildman–Crippen MR) is 48.3 cm³/mol. The molecule has 1 rings (SSSR count). The second-order valence-corrected chi connectivity index (χ2v) is 3.33. The van der Waals surface area contributed by atoms with E-state index in [0.29, 0.717) is 0 Å². The highest BCUT2D eigenvalue weighted by atomic mass is 16.6. The van der Waals surface area contributed by atoms with Crippen LogP contribution in [0.5, 0.6) is 0 Å². The van der Waals surface area contributed by atoms with E-state index in [2.05, 4.69) is 18.9 Å². The predicted octanol–water partition coefficient (Wildman–Crippen LogP) is 0.744. The van der Waals surface area contributed by atoms with E-state index in [1.165, 1.54) is 6.42 Å². The third-order valence-electron chi connectivity index (χ3n) is 2.01. The Morgan fingerprint density at radius 1 is 1.42 bits per heavy atom. The van der Waals surface area contributed by atoms with E-state index in [0.717, 1.165) is 32.9 Å². The van der Waals surface area contributed by atoms with Gasteiger partial charge in [-0.1, -0.05) is 6.92 Å². The van der Waals surface area contributed by atoms with Crippen LogP contribution in [0.2, 0.25) is 0 Å². The molecule has 0 aromatic heterocycles. The summed E-state index contributed by atoms with van der Waals surface area (Å²) in [5.74, 6) is 0. The zero-order valence-corrected chi connectivity index (χ0v) is 8.08. The minimum Gasteiger partial charge on any atom is -0.376 e. The molecule has 1 fully saturated rings. The number of likely N-dealkylation sites (N-methyl/N-ethyl adjacent to an activating group) is 1. The topological polar surface area (TPSA) is 21.7 Å². The van der Waals surface area contributed by atoms with Crippen LogP contribution in [0.1, 0.15) is 13.3 Å². The van der Waals surface area contributed by atoms with E-state index in [1.807, 2.05) is 0 Å². The van der Waals surface area contributed by atoms with Crippen LogP contribution in [0.15, 0.2) is 0 Å². The second-order valence-electron chi connectivity index (χ2n) is 3.33. The van der Waals surface area contributed by atoms with Crippen molar-refractivity contribution in [3.8, 4) is 0 Å². The van der Waals surface area contributed by atoms with Gasteiger partial charge in [-0.3, -0.25) is 0 Å². The van der Waals surface area contributed by atoms with Gasteiger partial charge in [-0.05, 0) is 20.0 Å². The van der Waals surface area contributed by atoms with Crippen LogP contribution in [0, 0.1) is 0 Å². The Kier molecular flexibility index (Phi) is 4.58. The molecular formula is C9H19NO2. The fourth-order valence-electron chi connectivity index (χ4n) is 1.46. The highest BCUT2D eigenvalue weighted by molar-refractivity contribution is 4.65. The molecule has 0 aromatic carbocycles. The fourth-order valence-corrected chi connectivity index (χ4v) is 1.46. The molecule has 1 atom stereocenters. The summed E-state index contributed by atoms with van der Waals surface area (Å²) in [4.78, 5) is 2.29. The van der Waals surface area contributed by atoms with E-state index in [-0.39, 0.29) is 6.10 Å². The highest BCUT2D eigenvalue weighted by Gasteiger charge is 2.15. The summed E-state index contributed by atoms with van der Waals surface area (Å²) in [7, 11) is 2.13. The molecule has 72 valence electrons. The molecule has 0 spiro atoms. The van der Waals surface area contributed by atoms with Crippen molar-refractivity contribution in [2.45, 2.75) is 19.4 Å². The van der Waals surface area contributed by atoms with Crippen molar-refractivity contribution in [1.29, 1.82) is 0 Å². The first kappa shape index (κ1) is 9.96. The number of rotatable bonds is 4. The summed E-state index contributed by atoms with van der Waals surface area (Å²) in [6.45, 7) is 6.59. The molecule has 3 nitrogen and oxygen atoms in total. The van der Waals surface area contributed by atoms with Crippen LogP contribution < -0.4 is 0 Å². The third kappa shape index (κ3) is 3.52. The van der Waals surface area contributed by atoms with Crippen molar-refractivity contribution in [3.05, 3.63) is 0 Å². The molecule has 1 aliphatic rings. The van der Waals surface area contributed by atoms with Crippen molar-refractivity contribution in [2.75, 3.05) is 40.0 Å². The van der Waals surface area contributed by atoms with Gasteiger partial charge < -0.3 is 14.4 Å². The lowest BCUT2D eigenvalue weighted by atomic mass is 10.3. The van der Waals surface area contributed by atoms with Crippen LogP contribution in [-0.4, -0.2) is 51.0 Å². The maximum Gasteiger partial charge on any atom is 0.0936 e. The number of nitrogens with zero attached hydrogens (tertiary/aromatic N) is 1. The van der Waals surface area contributed by atoms with Gasteiger partial charge in [-0.25, -0.2) is 0 Å². The lowest BCUT2D eigenvalue weighted by molar-refractivity contribution is -0.0956. The molecule has 0 aliphatic carbocycles. The van der Waals surface area contributed by atoms with Gasteiger partial charge in [0.2, 0.25) is 0 Å². The van der Waals surface area contributed by atoms with Crippen LogP contribution in [0.4, 0.5) is 0 Å². The molecule has 1 aliphatic heterocycles. The molecule has 0 bridgehead atoms. The van der Waals surface area contributed by atoms with Crippen molar-refractivity contribution >= 4 is 0 Å². The summed E-state index contributed by atoms with van der Waals surface area (Å²) in [5, 5.41) is 0. The van der Waals surface area contributed by atoms with Crippen molar-refractivity contribution in [1.82, 2.24) is 4.90 Å². The average molecular weight is 173 g/mol. The first-order valence-electron chi connectivity index (χ1n) is 4.71. The Bertz CT molecular complexity index is 113. The number of hydrogen-bond acceptors (Lipinski definition) is 3. The van der Waals surface area contributed by atoms with Crippen molar-refractivity contribution in [2.24, 2.45) is 0 Å². The molecule has 0 amide bonds. The van der Waals surface area contributed by atoms with Gasteiger partial charge in [0.05, 0.1) is 25.9 Å². The molecule has 3 heteroatoms. The lowest BCUT2D eigenvalue weighted by Gasteiger charge is -2.27. The van der Waals surface area contributed by atoms with E-state index in [9.17, 15) is 0 Å². The van der Waals surface area contributed by atoms with Gasteiger partial charge >= 0.3 is 0 Å². The Morgan fingerprint density at radius 2 is 2.25 bits per heavy atom. The van der Waals surface area contributed by atoms with E-state index < -0.39 is 0 Å². The van der Waals surface area contributed by atoms with Gasteiger partial charge in [-0.2, -0.15) is 0 Å². The standard InChI is InChI=1S/C9H19NO2/c1-3-4-10(2)7-9-8-11-5-6-12-9/h9H,3-8H2,1-2H3. The Labute approximate surface area is 74.6 Å². The molecule has 12 heavy (non-hydrogen) atoms. The molecule has 0 N–H and O–H groups in total. The van der Waals surface area contributed by atoms with Gasteiger partial charge in [-0.15, -0.1) is 0 Å². The van der Waals surface area contributed by atoms with Crippen LogP contribution in [-0.2, 0) is 9.47 Å². The zero-order valence-electron chi connectivity index (χ0n) is 8.08. The maximum atomic E-state index is 5.53. The summed E-state index contributed by atoms with van der Waals surface area (Å²) in [6.07, 6.45) is 1.49. The molecule has 0 radical (unpaired) electrons. The molecule has 1 heterocycles. The number of hydrogen-bond donors (Lipinski definition) is 0. The first-order valence-corrected chi connectivity index (χ1v) is 4.71. The quantitative estimate of drug-likeness (QED) is 0.626. The summed E-state index contributed by atoms with van der Waals surface area (Å²) >= 11 is 0. The lowest BCUT2D eigenvalue weighted by Crippen LogP contribution is -2.38. The minimum absolute atomic E-state index is 0.287. The normalized spacial score (nSPS) is 24.8. The van der Waals surface area contributed by atoms with Gasteiger partial charge in [0.1, 0.15) is 0 Å². The van der Waals surface area contributed by atoms with E-state index in [4.69, 9.17) is 9.47 Å². The van der Waals surface area contributed by atoms with Crippen LogP contribution in [0.3, 0.4) is 0 Å². The second kappa shape index (κ2) is 5.51. The minimum atomic E-state index is 0.287.